The van der Waals surface area contributed by atoms with Crippen LogP contribution in [0.1, 0.15) is 38.1 Å². The van der Waals surface area contributed by atoms with Gasteiger partial charge in [0.05, 0.1) is 13.7 Å². The summed E-state index contributed by atoms with van der Waals surface area (Å²) in [5.74, 6) is 0.0534. The Hall–Kier alpha value is -2.45. The van der Waals surface area contributed by atoms with Crippen molar-refractivity contribution < 1.29 is 19.1 Å². The maximum absolute atomic E-state index is 12.6. The standard InChI is InChI=1S/C20H24N2O4S2/c1-6-26-17(23)15-14(12-7-9-13(25-5)10-8-12)11-28-16(15)21-19(27)22-18(24)20(2,3)4/h7-11H,6H2,1-5H3,(H2,21,22,24,27). The van der Waals surface area contributed by atoms with Crippen molar-refractivity contribution in [2.75, 3.05) is 19.0 Å². The molecule has 0 aliphatic heterocycles. The minimum absolute atomic E-state index is 0.133. The van der Waals surface area contributed by atoms with Crippen molar-refractivity contribution in [2.24, 2.45) is 5.41 Å². The first-order chi connectivity index (χ1) is 13.2. The van der Waals surface area contributed by atoms with E-state index in [1.165, 1.54) is 11.3 Å². The molecule has 8 heteroatoms. The summed E-state index contributed by atoms with van der Waals surface area (Å²) in [4.78, 5) is 24.7. The quantitative estimate of drug-likeness (QED) is 0.549. The zero-order valence-corrected chi connectivity index (χ0v) is 18.2. The lowest BCUT2D eigenvalue weighted by molar-refractivity contribution is -0.126. The van der Waals surface area contributed by atoms with Gasteiger partial charge in [-0.25, -0.2) is 4.79 Å². The highest BCUT2D eigenvalue weighted by molar-refractivity contribution is 7.80. The number of hydrogen-bond acceptors (Lipinski definition) is 6. The number of anilines is 1. The minimum atomic E-state index is -0.584. The number of carbonyl (C=O) groups is 2. The molecule has 0 fully saturated rings. The van der Waals surface area contributed by atoms with Crippen LogP contribution in [0, 0.1) is 5.41 Å². The number of thiocarbonyl (C=S) groups is 1. The third-order valence-corrected chi connectivity index (χ3v) is 4.91. The molecule has 0 atom stereocenters. The highest BCUT2D eigenvalue weighted by atomic mass is 32.1. The third kappa shape index (κ3) is 5.30. The van der Waals surface area contributed by atoms with Crippen LogP contribution in [0.15, 0.2) is 29.6 Å². The van der Waals surface area contributed by atoms with Crippen LogP contribution in [-0.4, -0.2) is 30.7 Å². The average Bonchev–Trinajstić information content (AvgIpc) is 3.04. The second-order valence-corrected chi connectivity index (χ2v) is 8.25. The van der Waals surface area contributed by atoms with Crippen LogP contribution in [-0.2, 0) is 9.53 Å². The summed E-state index contributed by atoms with van der Waals surface area (Å²) in [7, 11) is 1.60. The fourth-order valence-electron chi connectivity index (χ4n) is 2.26. The molecular weight excluding hydrogens is 396 g/mol. The van der Waals surface area contributed by atoms with Crippen LogP contribution < -0.4 is 15.4 Å². The van der Waals surface area contributed by atoms with E-state index in [1.54, 1.807) is 34.8 Å². The maximum Gasteiger partial charge on any atom is 0.341 e. The summed E-state index contributed by atoms with van der Waals surface area (Å²) in [5.41, 5.74) is 1.36. The van der Waals surface area contributed by atoms with E-state index >= 15 is 0 Å². The molecule has 0 spiro atoms. The first-order valence-electron chi connectivity index (χ1n) is 8.72. The van der Waals surface area contributed by atoms with Gasteiger partial charge in [0, 0.05) is 16.4 Å². The number of esters is 1. The summed E-state index contributed by atoms with van der Waals surface area (Å²) < 4.78 is 10.4. The molecule has 1 aromatic heterocycles. The molecule has 0 aliphatic rings. The van der Waals surface area contributed by atoms with E-state index in [0.29, 0.717) is 10.6 Å². The number of benzene rings is 1. The van der Waals surface area contributed by atoms with E-state index in [1.807, 2.05) is 29.6 Å². The first kappa shape index (κ1) is 21.8. The lowest BCUT2D eigenvalue weighted by atomic mass is 9.96. The smallest absolute Gasteiger partial charge is 0.341 e. The molecule has 2 aromatic rings. The Bertz CT molecular complexity index is 867. The van der Waals surface area contributed by atoms with Crippen LogP contribution in [0.5, 0.6) is 5.75 Å². The van der Waals surface area contributed by atoms with Gasteiger partial charge in [-0.05, 0) is 36.8 Å². The maximum atomic E-state index is 12.6. The predicted octanol–water partition coefficient (Wildman–Crippen LogP) is 4.46. The van der Waals surface area contributed by atoms with Crippen molar-refractivity contribution in [2.45, 2.75) is 27.7 Å². The Morgan fingerprint density at radius 1 is 1.18 bits per heavy atom. The molecule has 0 aliphatic carbocycles. The van der Waals surface area contributed by atoms with Gasteiger partial charge in [-0.15, -0.1) is 11.3 Å². The van der Waals surface area contributed by atoms with E-state index in [4.69, 9.17) is 21.7 Å². The molecule has 1 amide bonds. The number of hydrogen-bond donors (Lipinski definition) is 2. The van der Waals surface area contributed by atoms with Crippen molar-refractivity contribution in [1.29, 1.82) is 0 Å². The second-order valence-electron chi connectivity index (χ2n) is 6.96. The Balaban J connectivity index is 2.34. The Morgan fingerprint density at radius 2 is 1.82 bits per heavy atom. The summed E-state index contributed by atoms with van der Waals surface area (Å²) in [6, 6.07) is 7.38. The summed E-state index contributed by atoms with van der Waals surface area (Å²) in [6.07, 6.45) is 0. The summed E-state index contributed by atoms with van der Waals surface area (Å²) in [5, 5.41) is 8.11. The average molecular weight is 421 g/mol. The van der Waals surface area contributed by atoms with Crippen LogP contribution in [0.25, 0.3) is 11.1 Å². The van der Waals surface area contributed by atoms with Gasteiger partial charge >= 0.3 is 5.97 Å². The molecule has 1 aromatic carbocycles. The lowest BCUT2D eigenvalue weighted by Crippen LogP contribution is -2.41. The van der Waals surface area contributed by atoms with Gasteiger partial charge < -0.3 is 20.1 Å². The fraction of sp³-hybridized carbons (Fsp3) is 0.350. The number of thiophene rings is 1. The lowest BCUT2D eigenvalue weighted by Gasteiger charge is -2.18. The van der Waals surface area contributed by atoms with Gasteiger partial charge in [0.2, 0.25) is 5.91 Å². The number of rotatable bonds is 5. The van der Waals surface area contributed by atoms with Gasteiger partial charge in [-0.1, -0.05) is 32.9 Å². The van der Waals surface area contributed by atoms with Crippen molar-refractivity contribution in [1.82, 2.24) is 5.32 Å². The number of methoxy groups -OCH3 is 1. The molecule has 2 rings (SSSR count). The van der Waals surface area contributed by atoms with Crippen molar-refractivity contribution in [3.63, 3.8) is 0 Å². The van der Waals surface area contributed by atoms with Gasteiger partial charge in [0.25, 0.3) is 0 Å². The SMILES string of the molecule is CCOC(=O)c1c(-c2ccc(OC)cc2)csc1NC(=S)NC(=O)C(C)(C)C. The predicted molar refractivity (Wildman–Crippen MR) is 116 cm³/mol. The van der Waals surface area contributed by atoms with Gasteiger partial charge in [0.15, 0.2) is 5.11 Å². The van der Waals surface area contributed by atoms with E-state index < -0.39 is 11.4 Å². The zero-order valence-electron chi connectivity index (χ0n) is 16.5. The molecule has 150 valence electrons. The van der Waals surface area contributed by atoms with Crippen LogP contribution in [0.4, 0.5) is 5.00 Å². The molecule has 1 heterocycles. The molecule has 28 heavy (non-hydrogen) atoms. The molecule has 0 unspecified atom stereocenters. The van der Waals surface area contributed by atoms with Crippen molar-refractivity contribution >= 4 is 45.5 Å². The van der Waals surface area contributed by atoms with E-state index in [-0.39, 0.29) is 17.6 Å². The normalized spacial score (nSPS) is 10.9. The van der Waals surface area contributed by atoms with E-state index in [0.717, 1.165) is 16.9 Å². The minimum Gasteiger partial charge on any atom is -0.497 e. The number of amides is 1. The Labute approximate surface area is 174 Å². The van der Waals surface area contributed by atoms with Crippen molar-refractivity contribution in [3.05, 3.63) is 35.2 Å². The van der Waals surface area contributed by atoms with Crippen molar-refractivity contribution in [3.8, 4) is 16.9 Å². The first-order valence-corrected chi connectivity index (χ1v) is 10.0. The highest BCUT2D eigenvalue weighted by Crippen LogP contribution is 2.36. The number of ether oxygens (including phenoxy) is 2. The summed E-state index contributed by atoms with van der Waals surface area (Å²) >= 11 is 6.56. The monoisotopic (exact) mass is 420 g/mol. The van der Waals surface area contributed by atoms with Crippen LogP contribution in [0.3, 0.4) is 0 Å². The second kappa shape index (κ2) is 9.16. The van der Waals surface area contributed by atoms with E-state index in [2.05, 4.69) is 10.6 Å². The molecule has 0 bridgehead atoms. The summed E-state index contributed by atoms with van der Waals surface area (Å²) in [6.45, 7) is 7.38. The largest absolute Gasteiger partial charge is 0.497 e. The zero-order chi connectivity index (χ0) is 20.9. The van der Waals surface area contributed by atoms with Gasteiger partial charge in [0.1, 0.15) is 16.3 Å². The Kier molecular flexibility index (Phi) is 7.15. The Morgan fingerprint density at radius 3 is 2.36 bits per heavy atom. The molecule has 0 saturated heterocycles. The third-order valence-electron chi connectivity index (χ3n) is 3.81. The van der Waals surface area contributed by atoms with E-state index in [9.17, 15) is 9.59 Å². The molecular formula is C20H24N2O4S2. The fourth-order valence-corrected chi connectivity index (χ4v) is 3.48. The number of nitrogens with one attached hydrogen (secondary N) is 2. The molecule has 6 nitrogen and oxygen atoms in total. The van der Waals surface area contributed by atoms with Gasteiger partial charge in [-0.2, -0.15) is 0 Å². The van der Waals surface area contributed by atoms with Gasteiger partial charge in [-0.3, -0.25) is 4.79 Å². The molecule has 0 radical (unpaired) electrons. The highest BCUT2D eigenvalue weighted by Gasteiger charge is 2.25. The van der Waals surface area contributed by atoms with Crippen LogP contribution >= 0.6 is 23.6 Å². The molecule has 2 N–H and O–H groups in total. The topological polar surface area (TPSA) is 76.7 Å². The van der Waals surface area contributed by atoms with Crippen LogP contribution in [0.2, 0.25) is 0 Å². The number of carbonyl (C=O) groups excluding carboxylic acids is 2. The molecule has 0 saturated carbocycles.